The van der Waals surface area contributed by atoms with Crippen molar-refractivity contribution in [3.8, 4) is 11.5 Å². The van der Waals surface area contributed by atoms with Crippen LogP contribution in [0.25, 0.3) is 0 Å². The van der Waals surface area contributed by atoms with Crippen molar-refractivity contribution in [2.45, 2.75) is 6.04 Å². The first-order valence-electron chi connectivity index (χ1n) is 8.15. The fourth-order valence-corrected chi connectivity index (χ4v) is 3.56. The van der Waals surface area contributed by atoms with Crippen molar-refractivity contribution in [3.05, 3.63) is 58.1 Å². The topological polar surface area (TPSA) is 33.7 Å². The molecule has 1 N–H and O–H groups in total. The van der Waals surface area contributed by atoms with E-state index in [0.717, 1.165) is 47.7 Å². The predicted molar refractivity (Wildman–Crippen MR) is 100.0 cm³/mol. The lowest BCUT2D eigenvalue weighted by Gasteiger charge is -2.36. The van der Waals surface area contributed by atoms with Gasteiger partial charge >= 0.3 is 0 Å². The lowest BCUT2D eigenvalue weighted by molar-refractivity contribution is 0.194. The van der Waals surface area contributed by atoms with Gasteiger partial charge in [0.1, 0.15) is 0 Å². The number of para-hydroxylation sites is 1. The first-order chi connectivity index (χ1) is 11.7. The quantitative estimate of drug-likeness (QED) is 0.847. The van der Waals surface area contributed by atoms with Crippen molar-refractivity contribution in [1.29, 1.82) is 0 Å². The average molecular weight is 391 g/mol. The third kappa shape index (κ3) is 3.58. The molecular weight excluding hydrogens is 368 g/mol. The molecule has 0 bridgehead atoms. The number of halogens is 1. The van der Waals surface area contributed by atoms with Gasteiger partial charge in [-0.1, -0.05) is 40.2 Å². The molecule has 1 heterocycles. The number of hydrogen-bond donors (Lipinski definition) is 1. The molecule has 1 atom stereocenters. The molecule has 0 aliphatic carbocycles. The summed E-state index contributed by atoms with van der Waals surface area (Å²) >= 11 is 3.53. The van der Waals surface area contributed by atoms with Crippen molar-refractivity contribution in [3.63, 3.8) is 0 Å². The summed E-state index contributed by atoms with van der Waals surface area (Å²) in [6.45, 7) is 4.00. The van der Waals surface area contributed by atoms with Gasteiger partial charge in [-0.2, -0.15) is 0 Å². The maximum atomic E-state index is 5.71. The zero-order chi connectivity index (χ0) is 16.9. The van der Waals surface area contributed by atoms with E-state index in [2.05, 4.69) is 56.5 Å². The second-order valence-electron chi connectivity index (χ2n) is 5.82. The van der Waals surface area contributed by atoms with E-state index in [1.165, 1.54) is 5.56 Å². The highest BCUT2D eigenvalue weighted by Crippen LogP contribution is 2.40. The van der Waals surface area contributed by atoms with Crippen LogP contribution in [0.3, 0.4) is 0 Å². The Morgan fingerprint density at radius 2 is 1.71 bits per heavy atom. The number of rotatable bonds is 5. The summed E-state index contributed by atoms with van der Waals surface area (Å²) in [5.41, 5.74) is 2.40. The Morgan fingerprint density at radius 1 is 1.00 bits per heavy atom. The third-order valence-corrected chi connectivity index (χ3v) is 4.96. The van der Waals surface area contributed by atoms with Crippen molar-refractivity contribution < 1.29 is 9.47 Å². The molecule has 0 aromatic heterocycles. The van der Waals surface area contributed by atoms with E-state index in [0.29, 0.717) is 0 Å². The molecule has 4 nitrogen and oxygen atoms in total. The van der Waals surface area contributed by atoms with Crippen LogP contribution in [0.5, 0.6) is 11.5 Å². The molecule has 0 spiro atoms. The Bertz CT molecular complexity index is 670. The summed E-state index contributed by atoms with van der Waals surface area (Å²) in [4.78, 5) is 2.50. The Kier molecular flexibility index (Phi) is 5.76. The number of nitrogens with zero attached hydrogens (tertiary/aromatic N) is 1. The monoisotopic (exact) mass is 390 g/mol. The molecule has 128 valence electrons. The van der Waals surface area contributed by atoms with Gasteiger partial charge < -0.3 is 14.8 Å². The van der Waals surface area contributed by atoms with Gasteiger partial charge in [-0.3, -0.25) is 4.90 Å². The lowest BCUT2D eigenvalue weighted by atomic mass is 9.95. The molecule has 0 saturated carbocycles. The number of hydrogen-bond acceptors (Lipinski definition) is 4. The predicted octanol–water partition coefficient (Wildman–Crippen LogP) is 3.46. The molecule has 1 aliphatic heterocycles. The first-order valence-corrected chi connectivity index (χ1v) is 8.95. The van der Waals surface area contributed by atoms with E-state index in [-0.39, 0.29) is 6.04 Å². The second kappa shape index (κ2) is 8.01. The summed E-state index contributed by atoms with van der Waals surface area (Å²) in [5.74, 6) is 1.58. The van der Waals surface area contributed by atoms with Crippen LogP contribution in [-0.2, 0) is 0 Å². The highest BCUT2D eigenvalue weighted by atomic mass is 79.9. The lowest BCUT2D eigenvalue weighted by Crippen LogP contribution is -2.45. The van der Waals surface area contributed by atoms with Crippen LogP contribution in [0.1, 0.15) is 17.2 Å². The number of piperazine rings is 1. The summed E-state index contributed by atoms with van der Waals surface area (Å²) < 4.78 is 12.3. The molecule has 0 amide bonds. The maximum Gasteiger partial charge on any atom is 0.165 e. The Labute approximate surface area is 151 Å². The third-order valence-electron chi connectivity index (χ3n) is 4.43. The molecule has 0 radical (unpaired) electrons. The minimum absolute atomic E-state index is 0.144. The highest BCUT2D eigenvalue weighted by molar-refractivity contribution is 9.10. The normalized spacial score (nSPS) is 16.6. The van der Waals surface area contributed by atoms with Gasteiger partial charge in [0.2, 0.25) is 0 Å². The standard InChI is InChI=1S/C19H23BrN2O2/c1-23-17-5-3-4-16(19(17)24-2)18(22-12-10-21-11-13-22)14-6-8-15(20)9-7-14/h3-9,18,21H,10-13H2,1-2H3. The maximum absolute atomic E-state index is 5.71. The Hall–Kier alpha value is -1.56. The molecular formula is C19H23BrN2O2. The SMILES string of the molecule is COc1cccc(C(c2ccc(Br)cc2)N2CCNCC2)c1OC. The highest BCUT2D eigenvalue weighted by Gasteiger charge is 2.27. The zero-order valence-electron chi connectivity index (χ0n) is 14.1. The fraction of sp³-hybridized carbons (Fsp3) is 0.368. The number of benzene rings is 2. The van der Waals surface area contributed by atoms with E-state index >= 15 is 0 Å². The van der Waals surface area contributed by atoms with Crippen LogP contribution >= 0.6 is 15.9 Å². The molecule has 1 saturated heterocycles. The van der Waals surface area contributed by atoms with Crippen molar-refractivity contribution in [2.75, 3.05) is 40.4 Å². The molecule has 2 aromatic rings. The summed E-state index contributed by atoms with van der Waals surface area (Å²) in [6, 6.07) is 14.8. The minimum atomic E-state index is 0.144. The second-order valence-corrected chi connectivity index (χ2v) is 6.74. The summed E-state index contributed by atoms with van der Waals surface area (Å²) in [7, 11) is 3.39. The number of methoxy groups -OCH3 is 2. The van der Waals surface area contributed by atoms with Crippen LogP contribution in [0.4, 0.5) is 0 Å². The van der Waals surface area contributed by atoms with Gasteiger partial charge in [0.15, 0.2) is 11.5 Å². The summed E-state index contributed by atoms with van der Waals surface area (Å²) in [5, 5.41) is 3.43. The van der Waals surface area contributed by atoms with E-state index in [9.17, 15) is 0 Å². The van der Waals surface area contributed by atoms with Crippen LogP contribution in [0, 0.1) is 0 Å². The molecule has 1 fully saturated rings. The van der Waals surface area contributed by atoms with Gasteiger partial charge in [-0.05, 0) is 23.8 Å². The molecule has 5 heteroatoms. The van der Waals surface area contributed by atoms with Gasteiger partial charge in [-0.15, -0.1) is 0 Å². The van der Waals surface area contributed by atoms with E-state index in [4.69, 9.17) is 9.47 Å². The number of nitrogens with one attached hydrogen (secondary N) is 1. The van der Waals surface area contributed by atoms with E-state index < -0.39 is 0 Å². The summed E-state index contributed by atoms with van der Waals surface area (Å²) in [6.07, 6.45) is 0. The van der Waals surface area contributed by atoms with E-state index in [1.54, 1.807) is 14.2 Å². The van der Waals surface area contributed by atoms with Crippen molar-refractivity contribution >= 4 is 15.9 Å². The van der Waals surface area contributed by atoms with Gasteiger partial charge in [-0.25, -0.2) is 0 Å². The van der Waals surface area contributed by atoms with Crippen LogP contribution < -0.4 is 14.8 Å². The molecule has 1 unspecified atom stereocenters. The molecule has 3 rings (SSSR count). The van der Waals surface area contributed by atoms with Crippen molar-refractivity contribution in [2.24, 2.45) is 0 Å². The smallest absolute Gasteiger partial charge is 0.165 e. The van der Waals surface area contributed by atoms with Crippen LogP contribution in [0.2, 0.25) is 0 Å². The largest absolute Gasteiger partial charge is 0.493 e. The first kappa shape index (κ1) is 17.3. The van der Waals surface area contributed by atoms with Crippen molar-refractivity contribution in [1.82, 2.24) is 10.2 Å². The van der Waals surface area contributed by atoms with Gasteiger partial charge in [0.05, 0.1) is 20.3 Å². The van der Waals surface area contributed by atoms with Gasteiger partial charge in [0, 0.05) is 36.2 Å². The average Bonchev–Trinajstić information content (AvgIpc) is 2.64. The van der Waals surface area contributed by atoms with Crippen LogP contribution in [0.15, 0.2) is 46.9 Å². The Morgan fingerprint density at radius 3 is 2.33 bits per heavy atom. The molecule has 24 heavy (non-hydrogen) atoms. The van der Waals surface area contributed by atoms with E-state index in [1.807, 2.05) is 12.1 Å². The Balaban J connectivity index is 2.09. The number of ether oxygens (including phenoxy) is 2. The zero-order valence-corrected chi connectivity index (χ0v) is 15.7. The van der Waals surface area contributed by atoms with Gasteiger partial charge in [0.25, 0.3) is 0 Å². The minimum Gasteiger partial charge on any atom is -0.493 e. The molecule has 2 aromatic carbocycles. The van der Waals surface area contributed by atoms with Crippen LogP contribution in [-0.4, -0.2) is 45.3 Å². The fourth-order valence-electron chi connectivity index (χ4n) is 3.30. The molecule has 1 aliphatic rings.